The third-order valence-electron chi connectivity index (χ3n) is 6.80. The van der Waals surface area contributed by atoms with Gasteiger partial charge in [-0.25, -0.2) is 9.18 Å². The van der Waals surface area contributed by atoms with Crippen molar-refractivity contribution in [2.24, 2.45) is 17.6 Å². The van der Waals surface area contributed by atoms with Crippen LogP contribution in [0, 0.1) is 17.7 Å². The number of fused-ring (bicyclic) bond motifs is 1. The van der Waals surface area contributed by atoms with Crippen LogP contribution in [-0.4, -0.2) is 35.3 Å². The molecule has 3 aliphatic rings. The van der Waals surface area contributed by atoms with Crippen molar-refractivity contribution in [3.8, 4) is 11.5 Å². The quantitative estimate of drug-likeness (QED) is 0.459. The first kappa shape index (κ1) is 19.6. The number of nitrogens with two attached hydrogens (primary N) is 1. The maximum atomic E-state index is 15.5. The van der Waals surface area contributed by atoms with Gasteiger partial charge in [0.05, 0.1) is 11.1 Å². The van der Waals surface area contributed by atoms with Crippen molar-refractivity contribution in [3.05, 3.63) is 44.8 Å². The van der Waals surface area contributed by atoms with Crippen molar-refractivity contribution in [2.75, 3.05) is 24.5 Å². The Hall–Kier alpha value is -3.11. The maximum absolute atomic E-state index is 15.5. The molecule has 3 aromatic rings. The van der Waals surface area contributed by atoms with Gasteiger partial charge in [-0.1, -0.05) is 6.08 Å². The average Bonchev–Trinajstić information content (AvgIpc) is 3.39. The highest BCUT2D eigenvalue weighted by Crippen LogP contribution is 2.47. The van der Waals surface area contributed by atoms with E-state index in [4.69, 9.17) is 20.3 Å². The first-order valence-corrected chi connectivity index (χ1v) is 11.3. The normalized spacial score (nSPS) is 21.7. The van der Waals surface area contributed by atoms with Gasteiger partial charge in [0.1, 0.15) is 22.6 Å². The molecule has 0 radical (unpaired) electrons. The number of carbonyl (C=O) groups is 1. The molecule has 1 aromatic carbocycles. The number of aromatic nitrogens is 1. The number of halogens is 1. The highest BCUT2D eigenvalue weighted by Gasteiger charge is 2.38. The fourth-order valence-electron chi connectivity index (χ4n) is 5.40. The standard InChI is InChI=1S/C22H20FN3O5S/c23-15-4-13-16-19(17(15)25-6-11-3-1-2-10(5-24)14(11)7-25)30-8-12-9-32-21(26(12)16)20(18(13)27)31-22(28)29/h3-4,9-10,14H,1-2,5-8,24H2,(H,28,29). The molecular weight excluding hydrogens is 437 g/mol. The third kappa shape index (κ3) is 2.62. The first-order chi connectivity index (χ1) is 15.5. The molecule has 1 aliphatic carbocycles. The zero-order chi connectivity index (χ0) is 22.1. The molecule has 2 aromatic heterocycles. The van der Waals surface area contributed by atoms with E-state index in [2.05, 4.69) is 6.08 Å². The lowest BCUT2D eigenvalue weighted by atomic mass is 9.80. The number of nitrogens with zero attached hydrogens (tertiary/aromatic N) is 2. The second-order valence-electron chi connectivity index (χ2n) is 8.45. The molecule has 2 aliphatic heterocycles. The molecule has 0 amide bonds. The highest BCUT2D eigenvalue weighted by atomic mass is 32.1. The molecule has 3 N–H and O–H groups in total. The summed E-state index contributed by atoms with van der Waals surface area (Å²) in [5.41, 5.74) is 8.12. The van der Waals surface area contributed by atoms with Gasteiger partial charge in [0.25, 0.3) is 0 Å². The smallest absolute Gasteiger partial charge is 0.483 e. The van der Waals surface area contributed by atoms with Crippen molar-refractivity contribution >= 4 is 38.9 Å². The first-order valence-electron chi connectivity index (χ1n) is 10.5. The predicted molar refractivity (Wildman–Crippen MR) is 118 cm³/mol. The van der Waals surface area contributed by atoms with E-state index in [1.165, 1.54) is 23.0 Å². The molecule has 1 saturated heterocycles. The largest absolute Gasteiger partial charge is 0.511 e. The number of thiazole rings is 1. The summed E-state index contributed by atoms with van der Waals surface area (Å²) in [6.45, 7) is 2.01. The molecular formula is C22H20FN3O5S. The zero-order valence-electron chi connectivity index (χ0n) is 17.0. The van der Waals surface area contributed by atoms with Gasteiger partial charge < -0.3 is 25.2 Å². The van der Waals surface area contributed by atoms with Crippen LogP contribution in [0.1, 0.15) is 18.5 Å². The van der Waals surface area contributed by atoms with E-state index in [0.717, 1.165) is 18.5 Å². The summed E-state index contributed by atoms with van der Waals surface area (Å²) < 4.78 is 28.1. The number of hydrogen-bond donors (Lipinski definition) is 2. The van der Waals surface area contributed by atoms with Crippen LogP contribution in [0.25, 0.3) is 15.7 Å². The van der Waals surface area contributed by atoms with Gasteiger partial charge in [-0.15, -0.1) is 11.3 Å². The number of ether oxygens (including phenoxy) is 2. The third-order valence-corrected chi connectivity index (χ3v) is 7.78. The minimum absolute atomic E-state index is 0.0324. The second kappa shape index (κ2) is 6.94. The number of allylic oxidation sites excluding steroid dienone is 1. The molecule has 2 unspecified atom stereocenters. The van der Waals surface area contributed by atoms with Gasteiger partial charge >= 0.3 is 6.16 Å². The van der Waals surface area contributed by atoms with E-state index < -0.39 is 17.4 Å². The van der Waals surface area contributed by atoms with E-state index >= 15 is 4.39 Å². The highest BCUT2D eigenvalue weighted by molar-refractivity contribution is 7.16. The number of anilines is 1. The molecule has 2 atom stereocenters. The topological polar surface area (TPSA) is 106 Å². The Labute approximate surface area is 185 Å². The molecule has 32 heavy (non-hydrogen) atoms. The molecule has 0 bridgehead atoms. The van der Waals surface area contributed by atoms with E-state index in [1.54, 1.807) is 9.78 Å². The Morgan fingerprint density at radius 1 is 1.44 bits per heavy atom. The lowest BCUT2D eigenvalue weighted by Gasteiger charge is -2.28. The van der Waals surface area contributed by atoms with Crippen molar-refractivity contribution in [2.45, 2.75) is 19.4 Å². The average molecular weight is 457 g/mol. The molecule has 8 nitrogen and oxygen atoms in total. The maximum Gasteiger partial charge on any atom is 0.511 e. The van der Waals surface area contributed by atoms with E-state index in [-0.39, 0.29) is 23.7 Å². The Balaban J connectivity index is 1.58. The van der Waals surface area contributed by atoms with Crippen LogP contribution in [0.15, 0.2) is 27.9 Å². The number of rotatable bonds is 3. The zero-order valence-corrected chi connectivity index (χ0v) is 17.8. The summed E-state index contributed by atoms with van der Waals surface area (Å²) in [6.07, 6.45) is 2.65. The lowest BCUT2D eigenvalue weighted by Crippen LogP contribution is -2.29. The van der Waals surface area contributed by atoms with Crippen molar-refractivity contribution in [1.29, 1.82) is 0 Å². The van der Waals surface area contributed by atoms with Crippen LogP contribution in [0.4, 0.5) is 14.9 Å². The van der Waals surface area contributed by atoms with Gasteiger partial charge in [-0.05, 0) is 36.9 Å². The van der Waals surface area contributed by atoms with Gasteiger partial charge in [0.15, 0.2) is 11.6 Å². The Morgan fingerprint density at radius 3 is 3.06 bits per heavy atom. The van der Waals surface area contributed by atoms with Crippen molar-refractivity contribution < 1.29 is 23.8 Å². The molecule has 6 rings (SSSR count). The summed E-state index contributed by atoms with van der Waals surface area (Å²) in [4.78, 5) is 26.6. The second-order valence-corrected chi connectivity index (χ2v) is 9.31. The summed E-state index contributed by atoms with van der Waals surface area (Å²) in [5, 5.41) is 10.9. The molecule has 4 heterocycles. The number of benzene rings is 1. The number of carboxylic acid groups (broad SMARTS) is 1. The van der Waals surface area contributed by atoms with Gasteiger partial charge in [-0.2, -0.15) is 0 Å². The van der Waals surface area contributed by atoms with Crippen LogP contribution < -0.4 is 25.5 Å². The van der Waals surface area contributed by atoms with Crippen LogP contribution in [0.5, 0.6) is 11.5 Å². The SMILES string of the molecule is NCC1CCC=C2CN(c3c(F)cc4c(=O)c(OC(=O)O)c5scc6n5c4c3OC6)CC21. The van der Waals surface area contributed by atoms with Gasteiger partial charge in [-0.3, -0.25) is 9.20 Å². The minimum atomic E-state index is -1.59. The van der Waals surface area contributed by atoms with E-state index in [0.29, 0.717) is 47.3 Å². The number of pyridine rings is 1. The lowest BCUT2D eigenvalue weighted by molar-refractivity contribution is 0.144. The molecule has 0 spiro atoms. The monoisotopic (exact) mass is 457 g/mol. The molecule has 1 fully saturated rings. The molecule has 0 saturated carbocycles. The fourth-order valence-corrected chi connectivity index (χ4v) is 6.37. The van der Waals surface area contributed by atoms with Crippen molar-refractivity contribution in [3.63, 3.8) is 0 Å². The van der Waals surface area contributed by atoms with Gasteiger partial charge in [0.2, 0.25) is 11.2 Å². The van der Waals surface area contributed by atoms with Crippen LogP contribution >= 0.6 is 11.3 Å². The van der Waals surface area contributed by atoms with E-state index in [1.807, 2.05) is 4.90 Å². The van der Waals surface area contributed by atoms with Crippen LogP contribution in [-0.2, 0) is 6.61 Å². The predicted octanol–water partition coefficient (Wildman–Crippen LogP) is 3.33. The van der Waals surface area contributed by atoms with Gasteiger partial charge in [0, 0.05) is 24.4 Å². The fraction of sp³-hybridized carbons (Fsp3) is 0.364. The summed E-state index contributed by atoms with van der Waals surface area (Å²) >= 11 is 1.20. The number of hydrogen-bond acceptors (Lipinski definition) is 7. The van der Waals surface area contributed by atoms with Crippen molar-refractivity contribution in [1.82, 2.24) is 4.40 Å². The minimum Gasteiger partial charge on any atom is -0.483 e. The Morgan fingerprint density at radius 2 is 2.28 bits per heavy atom. The summed E-state index contributed by atoms with van der Waals surface area (Å²) in [5.74, 6) is 0.0700. The summed E-state index contributed by atoms with van der Waals surface area (Å²) in [6, 6.07) is 1.17. The van der Waals surface area contributed by atoms with Crippen LogP contribution in [0.2, 0.25) is 0 Å². The Kier molecular flexibility index (Phi) is 4.25. The van der Waals surface area contributed by atoms with E-state index in [9.17, 15) is 9.59 Å². The molecule has 166 valence electrons. The Bertz CT molecular complexity index is 1390. The summed E-state index contributed by atoms with van der Waals surface area (Å²) in [7, 11) is 0. The van der Waals surface area contributed by atoms with Crippen LogP contribution in [0.3, 0.4) is 0 Å². The molecule has 10 heteroatoms.